The summed E-state index contributed by atoms with van der Waals surface area (Å²) in [5, 5.41) is 4.75. The van der Waals surface area contributed by atoms with Crippen molar-refractivity contribution in [1.82, 2.24) is 4.98 Å². The number of aldehydes is 1. The molecule has 0 spiro atoms. The van der Waals surface area contributed by atoms with Crippen LogP contribution in [0.4, 0.5) is 5.13 Å². The molecule has 0 unspecified atom stereocenters. The molecule has 0 radical (unpaired) electrons. The molecular weight excluding hydrogens is 176 g/mol. The van der Waals surface area contributed by atoms with Gasteiger partial charge in [0.15, 0.2) is 5.13 Å². The summed E-state index contributed by atoms with van der Waals surface area (Å²) in [6.07, 6.45) is 4.41. The number of nitrogens with one attached hydrogen (secondary N) is 1. The molecule has 1 amide bonds. The molecule has 1 aromatic rings. The lowest BCUT2D eigenvalue weighted by molar-refractivity contribution is -0.112. The highest BCUT2D eigenvalue weighted by Gasteiger charge is 1.97. The van der Waals surface area contributed by atoms with Crippen molar-refractivity contribution in [3.8, 4) is 0 Å². The van der Waals surface area contributed by atoms with E-state index in [0.29, 0.717) is 11.4 Å². The molecule has 0 saturated carbocycles. The van der Waals surface area contributed by atoms with Gasteiger partial charge in [-0.15, -0.1) is 11.3 Å². The van der Waals surface area contributed by atoms with Gasteiger partial charge in [-0.25, -0.2) is 4.98 Å². The molecule has 1 rings (SSSR count). The normalized spacial score (nSPS) is 10.0. The van der Waals surface area contributed by atoms with Gasteiger partial charge in [-0.1, -0.05) is 0 Å². The van der Waals surface area contributed by atoms with E-state index >= 15 is 0 Å². The van der Waals surface area contributed by atoms with Crippen molar-refractivity contribution in [2.45, 2.75) is 0 Å². The summed E-state index contributed by atoms with van der Waals surface area (Å²) in [4.78, 5) is 24.5. The van der Waals surface area contributed by atoms with Crippen LogP contribution in [0, 0.1) is 0 Å². The van der Waals surface area contributed by atoms with E-state index in [0.717, 1.165) is 12.2 Å². The molecule has 1 heterocycles. The van der Waals surface area contributed by atoms with Crippen LogP contribution >= 0.6 is 11.3 Å². The van der Waals surface area contributed by atoms with Crippen LogP contribution in [0.25, 0.3) is 0 Å². The van der Waals surface area contributed by atoms with E-state index in [1.807, 2.05) is 0 Å². The Morgan fingerprint density at radius 2 is 2.50 bits per heavy atom. The van der Waals surface area contributed by atoms with Crippen LogP contribution in [0.1, 0.15) is 0 Å². The van der Waals surface area contributed by atoms with Gasteiger partial charge in [0.1, 0.15) is 6.29 Å². The molecule has 5 heteroatoms. The van der Waals surface area contributed by atoms with E-state index in [2.05, 4.69) is 10.3 Å². The number of rotatable bonds is 3. The maximum absolute atomic E-state index is 10.9. The molecular formula is C7H6N2O2S. The smallest absolute Gasteiger partial charge is 0.250 e. The van der Waals surface area contributed by atoms with Crippen LogP contribution in [0.2, 0.25) is 0 Å². The number of amides is 1. The average molecular weight is 182 g/mol. The fourth-order valence-electron chi connectivity index (χ4n) is 0.559. The topological polar surface area (TPSA) is 59.1 Å². The Hall–Kier alpha value is -1.49. The van der Waals surface area contributed by atoms with Gasteiger partial charge in [0, 0.05) is 17.7 Å². The zero-order chi connectivity index (χ0) is 8.81. The molecule has 12 heavy (non-hydrogen) atoms. The predicted molar refractivity (Wildman–Crippen MR) is 45.9 cm³/mol. The molecule has 0 saturated heterocycles. The number of nitrogens with zero attached hydrogens (tertiary/aromatic N) is 1. The SMILES string of the molecule is O=CC=CC(=O)Nc1nccs1. The number of allylic oxidation sites excluding steroid dienone is 1. The molecule has 1 N–H and O–H groups in total. The van der Waals surface area contributed by atoms with Gasteiger partial charge in [0.25, 0.3) is 0 Å². The van der Waals surface area contributed by atoms with E-state index in [-0.39, 0.29) is 5.91 Å². The lowest BCUT2D eigenvalue weighted by Gasteiger charge is -1.92. The van der Waals surface area contributed by atoms with Crippen LogP contribution < -0.4 is 5.32 Å². The Morgan fingerprint density at radius 1 is 1.67 bits per heavy atom. The Morgan fingerprint density at radius 3 is 3.08 bits per heavy atom. The maximum Gasteiger partial charge on any atom is 0.250 e. The van der Waals surface area contributed by atoms with E-state index in [1.54, 1.807) is 11.6 Å². The van der Waals surface area contributed by atoms with Crippen LogP contribution in [-0.2, 0) is 9.59 Å². The summed E-state index contributed by atoms with van der Waals surface area (Å²) in [5.41, 5.74) is 0. The highest BCUT2D eigenvalue weighted by atomic mass is 32.1. The minimum Gasteiger partial charge on any atom is -0.299 e. The molecule has 4 nitrogen and oxygen atoms in total. The monoisotopic (exact) mass is 182 g/mol. The molecule has 0 atom stereocenters. The Bertz CT molecular complexity index is 292. The molecule has 1 aromatic heterocycles. The number of carbonyl (C=O) groups excluding carboxylic acids is 2. The van der Waals surface area contributed by atoms with Gasteiger partial charge in [-0.3, -0.25) is 14.9 Å². The highest BCUT2D eigenvalue weighted by molar-refractivity contribution is 7.13. The number of aromatic nitrogens is 1. The van der Waals surface area contributed by atoms with Crippen LogP contribution in [0.5, 0.6) is 0 Å². The summed E-state index contributed by atoms with van der Waals surface area (Å²) < 4.78 is 0. The molecule has 0 aliphatic rings. The van der Waals surface area contributed by atoms with E-state index in [9.17, 15) is 9.59 Å². The Kier molecular flexibility index (Phi) is 3.16. The third kappa shape index (κ3) is 2.63. The molecule has 62 valence electrons. The van der Waals surface area contributed by atoms with Crippen LogP contribution in [0.15, 0.2) is 23.7 Å². The van der Waals surface area contributed by atoms with Gasteiger partial charge >= 0.3 is 0 Å². The third-order valence-electron chi connectivity index (χ3n) is 0.989. The van der Waals surface area contributed by atoms with E-state index in [1.165, 1.54) is 11.3 Å². The number of hydrogen-bond donors (Lipinski definition) is 1. The average Bonchev–Trinajstić information content (AvgIpc) is 2.53. The van der Waals surface area contributed by atoms with Crippen molar-refractivity contribution in [3.05, 3.63) is 23.7 Å². The Labute approximate surface area is 72.9 Å². The number of hydrogen-bond acceptors (Lipinski definition) is 4. The molecule has 0 aliphatic heterocycles. The van der Waals surface area contributed by atoms with Crippen LogP contribution in [-0.4, -0.2) is 17.2 Å². The molecule has 0 aromatic carbocycles. The van der Waals surface area contributed by atoms with E-state index in [4.69, 9.17) is 0 Å². The summed E-state index contributed by atoms with van der Waals surface area (Å²) in [5.74, 6) is -0.350. The van der Waals surface area contributed by atoms with E-state index < -0.39 is 0 Å². The van der Waals surface area contributed by atoms with Crippen molar-refractivity contribution >= 4 is 28.7 Å². The van der Waals surface area contributed by atoms with Gasteiger partial charge in [-0.2, -0.15) is 0 Å². The van der Waals surface area contributed by atoms with Crippen molar-refractivity contribution in [3.63, 3.8) is 0 Å². The summed E-state index contributed by atoms with van der Waals surface area (Å²) in [6, 6.07) is 0. The van der Waals surface area contributed by atoms with Gasteiger partial charge in [0.2, 0.25) is 5.91 Å². The first-order chi connectivity index (χ1) is 5.83. The molecule has 0 fully saturated rings. The molecule has 0 bridgehead atoms. The number of thiazole rings is 1. The first kappa shape index (κ1) is 8.61. The van der Waals surface area contributed by atoms with Crippen molar-refractivity contribution in [2.75, 3.05) is 5.32 Å². The number of anilines is 1. The maximum atomic E-state index is 10.9. The summed E-state index contributed by atoms with van der Waals surface area (Å²) >= 11 is 1.32. The summed E-state index contributed by atoms with van der Waals surface area (Å²) in [7, 11) is 0. The fourth-order valence-corrected chi connectivity index (χ4v) is 1.09. The van der Waals surface area contributed by atoms with Gasteiger partial charge in [-0.05, 0) is 6.08 Å². The zero-order valence-electron chi connectivity index (χ0n) is 6.06. The van der Waals surface area contributed by atoms with Crippen LogP contribution in [0.3, 0.4) is 0 Å². The van der Waals surface area contributed by atoms with Crippen molar-refractivity contribution < 1.29 is 9.59 Å². The Balaban J connectivity index is 2.47. The summed E-state index contributed by atoms with van der Waals surface area (Å²) in [6.45, 7) is 0. The van der Waals surface area contributed by atoms with Gasteiger partial charge < -0.3 is 0 Å². The van der Waals surface area contributed by atoms with Crippen molar-refractivity contribution in [1.29, 1.82) is 0 Å². The lowest BCUT2D eigenvalue weighted by atomic mass is 10.5. The zero-order valence-corrected chi connectivity index (χ0v) is 6.88. The second-order valence-electron chi connectivity index (χ2n) is 1.82. The van der Waals surface area contributed by atoms with Gasteiger partial charge in [0.05, 0.1) is 0 Å². The largest absolute Gasteiger partial charge is 0.299 e. The quantitative estimate of drug-likeness (QED) is 0.556. The van der Waals surface area contributed by atoms with Crippen molar-refractivity contribution in [2.24, 2.45) is 0 Å². The second-order valence-corrected chi connectivity index (χ2v) is 2.72. The highest BCUT2D eigenvalue weighted by Crippen LogP contribution is 2.09. The first-order valence-electron chi connectivity index (χ1n) is 3.15. The third-order valence-corrected chi connectivity index (χ3v) is 1.68. The number of carbonyl (C=O) groups is 2. The second kappa shape index (κ2) is 4.40. The molecule has 0 aliphatic carbocycles. The predicted octanol–water partition coefficient (Wildman–Crippen LogP) is 0.837. The lowest BCUT2D eigenvalue weighted by Crippen LogP contribution is -2.07. The minimum absolute atomic E-state index is 0.350. The minimum atomic E-state index is -0.350. The fraction of sp³-hybridized carbons (Fsp3) is 0. The standard InChI is InChI=1S/C7H6N2O2S/c10-4-1-2-6(11)9-7-8-3-5-12-7/h1-5H,(H,8,9,11). The first-order valence-corrected chi connectivity index (χ1v) is 4.03.